The van der Waals surface area contributed by atoms with Gasteiger partial charge in [0.1, 0.15) is 0 Å². The molecule has 66 valence electrons. The molecule has 1 fully saturated rings. The summed E-state index contributed by atoms with van der Waals surface area (Å²) in [6.45, 7) is 3.35. The van der Waals surface area contributed by atoms with Crippen molar-refractivity contribution in [2.75, 3.05) is 0 Å². The van der Waals surface area contributed by atoms with Gasteiger partial charge in [-0.25, -0.2) is 4.79 Å². The van der Waals surface area contributed by atoms with E-state index >= 15 is 0 Å². The van der Waals surface area contributed by atoms with Gasteiger partial charge in [0.25, 0.3) is 0 Å². The maximum Gasteiger partial charge on any atom is 0.331 e. The van der Waals surface area contributed by atoms with E-state index < -0.39 is 17.9 Å². The smallest absolute Gasteiger partial charge is 0.331 e. The maximum atomic E-state index is 10.5. The zero-order chi connectivity index (χ0) is 9.30. The average Bonchev–Trinajstić information content (AvgIpc) is 1.82. The predicted molar refractivity (Wildman–Crippen MR) is 40.6 cm³/mol. The van der Waals surface area contributed by atoms with Gasteiger partial charge in [-0.05, 0) is 12.8 Å². The molecule has 4 heteroatoms. The van der Waals surface area contributed by atoms with Crippen molar-refractivity contribution < 1.29 is 19.8 Å². The molecular weight excluding hydrogens is 160 g/mol. The van der Waals surface area contributed by atoms with Crippen molar-refractivity contribution in [1.82, 2.24) is 0 Å². The summed E-state index contributed by atoms with van der Waals surface area (Å²) >= 11 is 0. The van der Waals surface area contributed by atoms with Gasteiger partial charge in [-0.15, -0.1) is 0 Å². The fourth-order valence-corrected chi connectivity index (χ4v) is 1.37. The average molecular weight is 170 g/mol. The zero-order valence-corrected chi connectivity index (χ0v) is 6.49. The topological polar surface area (TPSA) is 74.6 Å². The number of carboxylic acid groups (broad SMARTS) is 2. The molecular formula is C8H10O4. The van der Waals surface area contributed by atoms with E-state index in [1.54, 1.807) is 0 Å². The van der Waals surface area contributed by atoms with Crippen LogP contribution in [-0.2, 0) is 9.59 Å². The molecule has 0 amide bonds. The van der Waals surface area contributed by atoms with Crippen LogP contribution in [-0.4, -0.2) is 22.2 Å². The van der Waals surface area contributed by atoms with E-state index in [1.807, 2.05) is 0 Å². The Morgan fingerprint density at radius 2 is 1.67 bits per heavy atom. The molecule has 1 aliphatic carbocycles. The van der Waals surface area contributed by atoms with E-state index in [1.165, 1.54) is 0 Å². The van der Waals surface area contributed by atoms with E-state index in [9.17, 15) is 9.59 Å². The number of carbonyl (C=O) groups is 2. The molecule has 4 nitrogen and oxygen atoms in total. The summed E-state index contributed by atoms with van der Waals surface area (Å²) in [6, 6.07) is 0. The van der Waals surface area contributed by atoms with Gasteiger partial charge in [-0.1, -0.05) is 6.58 Å². The number of rotatable bonds is 3. The fraction of sp³-hybridized carbons (Fsp3) is 0.500. The molecule has 2 atom stereocenters. The quantitative estimate of drug-likeness (QED) is 0.612. The van der Waals surface area contributed by atoms with Gasteiger partial charge in [0.15, 0.2) is 0 Å². The zero-order valence-electron chi connectivity index (χ0n) is 6.49. The van der Waals surface area contributed by atoms with Crippen LogP contribution < -0.4 is 0 Å². The van der Waals surface area contributed by atoms with Crippen LogP contribution in [0.2, 0.25) is 0 Å². The lowest BCUT2D eigenvalue weighted by Crippen LogP contribution is -2.35. The van der Waals surface area contributed by atoms with Crippen molar-refractivity contribution in [1.29, 1.82) is 0 Å². The maximum absolute atomic E-state index is 10.5. The van der Waals surface area contributed by atoms with Gasteiger partial charge in [-0.2, -0.15) is 0 Å². The second-order valence-corrected chi connectivity index (χ2v) is 2.96. The van der Waals surface area contributed by atoms with Crippen molar-refractivity contribution in [2.24, 2.45) is 11.8 Å². The molecule has 12 heavy (non-hydrogen) atoms. The first kappa shape index (κ1) is 8.77. The summed E-state index contributed by atoms with van der Waals surface area (Å²) in [7, 11) is 0. The lowest BCUT2D eigenvalue weighted by molar-refractivity contribution is -0.147. The Bertz CT molecular complexity index is 243. The van der Waals surface area contributed by atoms with Crippen LogP contribution in [0.1, 0.15) is 12.8 Å². The third kappa shape index (κ3) is 1.32. The summed E-state index contributed by atoms with van der Waals surface area (Å²) in [6.07, 6.45) is 1.19. The number of hydrogen-bond acceptors (Lipinski definition) is 2. The first-order valence-corrected chi connectivity index (χ1v) is 3.69. The lowest BCUT2D eigenvalue weighted by Gasteiger charge is -2.33. The monoisotopic (exact) mass is 170 g/mol. The first-order valence-electron chi connectivity index (χ1n) is 3.69. The second-order valence-electron chi connectivity index (χ2n) is 2.96. The molecule has 2 N–H and O–H groups in total. The SMILES string of the molecule is C=C(C(=O)O)C1CCC1C(=O)O. The van der Waals surface area contributed by atoms with Crippen LogP contribution in [0.3, 0.4) is 0 Å². The van der Waals surface area contributed by atoms with Crippen LogP contribution >= 0.6 is 0 Å². The number of hydrogen-bond donors (Lipinski definition) is 2. The Kier molecular flexibility index (Phi) is 2.17. The van der Waals surface area contributed by atoms with Crippen molar-refractivity contribution in [3.8, 4) is 0 Å². The van der Waals surface area contributed by atoms with Gasteiger partial charge >= 0.3 is 11.9 Å². The largest absolute Gasteiger partial charge is 0.481 e. The molecule has 1 rings (SSSR count). The van der Waals surface area contributed by atoms with E-state index in [-0.39, 0.29) is 11.5 Å². The normalized spacial score (nSPS) is 27.3. The molecule has 0 saturated heterocycles. The Balaban J connectivity index is 2.60. The highest BCUT2D eigenvalue weighted by atomic mass is 16.4. The molecule has 0 aliphatic heterocycles. The molecule has 2 unspecified atom stereocenters. The highest BCUT2D eigenvalue weighted by Crippen LogP contribution is 2.39. The van der Waals surface area contributed by atoms with Crippen molar-refractivity contribution in [3.63, 3.8) is 0 Å². The molecule has 1 saturated carbocycles. The van der Waals surface area contributed by atoms with Gasteiger partial charge in [-0.3, -0.25) is 4.79 Å². The van der Waals surface area contributed by atoms with Gasteiger partial charge in [0.05, 0.1) is 5.92 Å². The van der Waals surface area contributed by atoms with Gasteiger partial charge in [0.2, 0.25) is 0 Å². The van der Waals surface area contributed by atoms with E-state index in [0.29, 0.717) is 12.8 Å². The molecule has 0 heterocycles. The highest BCUT2D eigenvalue weighted by molar-refractivity contribution is 5.88. The van der Waals surface area contributed by atoms with Crippen LogP contribution in [0.25, 0.3) is 0 Å². The summed E-state index contributed by atoms with van der Waals surface area (Å²) < 4.78 is 0. The van der Waals surface area contributed by atoms with E-state index in [4.69, 9.17) is 10.2 Å². The lowest BCUT2D eigenvalue weighted by atomic mass is 9.70. The minimum Gasteiger partial charge on any atom is -0.481 e. The third-order valence-corrected chi connectivity index (χ3v) is 2.31. The van der Waals surface area contributed by atoms with Crippen LogP contribution in [0.5, 0.6) is 0 Å². The number of aliphatic carboxylic acids is 2. The summed E-state index contributed by atoms with van der Waals surface area (Å²) in [4.78, 5) is 20.9. The van der Waals surface area contributed by atoms with Crippen molar-refractivity contribution in [2.45, 2.75) is 12.8 Å². The molecule has 0 radical (unpaired) electrons. The van der Waals surface area contributed by atoms with Crippen LogP contribution in [0, 0.1) is 11.8 Å². The minimum atomic E-state index is -1.09. The predicted octanol–water partition coefficient (Wildman–Crippen LogP) is 0.738. The van der Waals surface area contributed by atoms with Crippen molar-refractivity contribution >= 4 is 11.9 Å². The molecule has 1 aliphatic rings. The Hall–Kier alpha value is -1.32. The third-order valence-electron chi connectivity index (χ3n) is 2.31. The number of carboxylic acids is 2. The van der Waals surface area contributed by atoms with Gasteiger partial charge in [0, 0.05) is 11.5 Å². The minimum absolute atomic E-state index is 0.0219. The summed E-state index contributed by atoms with van der Waals surface area (Å²) in [5, 5.41) is 17.1. The highest BCUT2D eigenvalue weighted by Gasteiger charge is 2.40. The van der Waals surface area contributed by atoms with E-state index in [0.717, 1.165) is 0 Å². The Morgan fingerprint density at radius 1 is 1.17 bits per heavy atom. The molecule has 0 aromatic rings. The van der Waals surface area contributed by atoms with E-state index in [2.05, 4.69) is 6.58 Å². The molecule has 0 bridgehead atoms. The molecule has 0 aromatic carbocycles. The fourth-order valence-electron chi connectivity index (χ4n) is 1.37. The second kappa shape index (κ2) is 2.97. The van der Waals surface area contributed by atoms with Crippen LogP contribution in [0.4, 0.5) is 0 Å². The Morgan fingerprint density at radius 3 is 1.92 bits per heavy atom. The Labute approximate surface area is 69.5 Å². The molecule has 0 aromatic heterocycles. The summed E-state index contributed by atoms with van der Waals surface area (Å²) in [5.74, 6) is -2.91. The summed E-state index contributed by atoms with van der Waals surface area (Å²) in [5.41, 5.74) is 0.0219. The van der Waals surface area contributed by atoms with Crippen LogP contribution in [0.15, 0.2) is 12.2 Å². The van der Waals surface area contributed by atoms with Crippen molar-refractivity contribution in [3.05, 3.63) is 12.2 Å². The standard InChI is InChI=1S/C8H10O4/c1-4(7(9)10)5-2-3-6(5)8(11)12/h5-6H,1-3H2,(H,9,10)(H,11,12). The first-order chi connectivity index (χ1) is 5.54. The molecule has 0 spiro atoms. The van der Waals surface area contributed by atoms with Gasteiger partial charge < -0.3 is 10.2 Å².